The molecule has 0 spiro atoms. The van der Waals surface area contributed by atoms with Crippen molar-refractivity contribution < 1.29 is 19.1 Å². The molecule has 2 aromatic rings. The number of carbonyl (C=O) groups is 3. The van der Waals surface area contributed by atoms with Crippen LogP contribution in [-0.4, -0.2) is 42.6 Å². The highest BCUT2D eigenvalue weighted by Crippen LogP contribution is 2.49. The van der Waals surface area contributed by atoms with Crippen LogP contribution in [0.1, 0.15) is 62.5 Å². The van der Waals surface area contributed by atoms with E-state index in [1.54, 1.807) is 13.1 Å². The Bertz CT molecular complexity index is 1280. The van der Waals surface area contributed by atoms with Crippen LogP contribution in [0.3, 0.4) is 0 Å². The Morgan fingerprint density at radius 2 is 1.64 bits per heavy atom. The summed E-state index contributed by atoms with van der Waals surface area (Å²) in [6.45, 7) is 4.76. The fraction of sp³-hybridized carbons (Fsp3) is 0.387. The Balaban J connectivity index is 0.000000379. The molecule has 0 radical (unpaired) electrons. The Morgan fingerprint density at radius 1 is 1.03 bits per heavy atom. The van der Waals surface area contributed by atoms with Crippen LogP contribution in [0.5, 0.6) is 5.75 Å². The number of aryl methyl sites for hydroxylation is 1. The van der Waals surface area contributed by atoms with Gasteiger partial charge in [0.15, 0.2) is 18.2 Å². The molecule has 0 saturated heterocycles. The first-order valence-electron chi connectivity index (χ1n) is 13.4. The molecule has 1 amide bonds. The molecule has 0 atom stereocenters. The van der Waals surface area contributed by atoms with Gasteiger partial charge in [0, 0.05) is 59.9 Å². The number of Topliss-reactive ketones (excluding diaryl/α,β-unsaturated/α-hetero) is 2. The summed E-state index contributed by atoms with van der Waals surface area (Å²) in [5, 5.41) is 3.37. The smallest absolute Gasteiger partial charge is 0.257 e. The molecule has 1 aliphatic heterocycles. The largest absolute Gasteiger partial charge is 0.483 e. The van der Waals surface area contributed by atoms with E-state index in [1.807, 2.05) is 43.3 Å². The van der Waals surface area contributed by atoms with Gasteiger partial charge in [0.25, 0.3) is 5.91 Å². The predicted molar refractivity (Wildman–Crippen MR) is 157 cm³/mol. The van der Waals surface area contributed by atoms with Crippen molar-refractivity contribution in [3.05, 3.63) is 85.6 Å². The monoisotopic (exact) mass is 612 g/mol. The average molecular weight is 614 g/mol. The molecule has 0 saturated carbocycles. The molecule has 39 heavy (non-hydrogen) atoms. The number of ketones is 2. The van der Waals surface area contributed by atoms with Gasteiger partial charge in [-0.3, -0.25) is 14.4 Å². The van der Waals surface area contributed by atoms with E-state index < -0.39 is 0 Å². The zero-order valence-corrected chi connectivity index (χ0v) is 25.0. The summed E-state index contributed by atoms with van der Waals surface area (Å²) in [5.74, 6) is 0.286. The highest BCUT2D eigenvalue weighted by Gasteiger charge is 2.42. The number of ether oxygens (including phenoxy) is 1. The molecule has 0 aromatic heterocycles. The lowest BCUT2D eigenvalue weighted by Crippen LogP contribution is -2.39. The normalized spacial score (nSPS) is 17.3. The number of hydrogen-bond donors (Lipinski definition) is 1. The number of allylic oxidation sites excluding steroid dienone is 4. The van der Waals surface area contributed by atoms with Gasteiger partial charge in [-0.2, -0.15) is 0 Å². The maximum absolute atomic E-state index is 13.1. The summed E-state index contributed by atoms with van der Waals surface area (Å²) in [7, 11) is 1.56. The molecular formula is C31H34BrClN2O4. The number of halogens is 2. The number of carbonyl (C=O) groups excluding carboxylic acids is 3. The van der Waals surface area contributed by atoms with E-state index in [2.05, 4.69) is 33.1 Å². The fourth-order valence-electron chi connectivity index (χ4n) is 5.51. The molecule has 0 unspecified atom stereocenters. The zero-order chi connectivity index (χ0) is 28.1. The summed E-state index contributed by atoms with van der Waals surface area (Å²) < 4.78 is 6.29. The van der Waals surface area contributed by atoms with E-state index in [4.69, 9.17) is 16.3 Å². The number of nitrogens with zero attached hydrogens (tertiary/aromatic N) is 1. The second kappa shape index (κ2) is 13.0. The highest BCUT2D eigenvalue weighted by atomic mass is 79.9. The van der Waals surface area contributed by atoms with E-state index in [1.165, 1.54) is 0 Å². The standard InChI is InChI=1S/C24H27BrN2O4.C7H7Cl/c1-3-27-16-6-4-8-18(28)23(16)22(24-17(27)7-5-9-19(24)29)14-10-11-20(15(25)12-14)31-13-21(30)26-2;1-6-4-2-3-5-7(6)8/h10-12,22H,3-9,13H2,1-2H3,(H,26,30);2-5H,1H3. The lowest BCUT2D eigenvalue weighted by Gasteiger charge is -2.43. The van der Waals surface area contributed by atoms with Gasteiger partial charge in [-0.15, -0.1) is 0 Å². The number of hydrogen-bond acceptors (Lipinski definition) is 5. The van der Waals surface area contributed by atoms with Crippen molar-refractivity contribution in [2.45, 2.75) is 58.3 Å². The van der Waals surface area contributed by atoms with Crippen LogP contribution in [0.2, 0.25) is 5.02 Å². The molecule has 3 aliphatic rings. The van der Waals surface area contributed by atoms with E-state index in [9.17, 15) is 14.4 Å². The Hall–Kier alpha value is -2.90. The number of likely N-dealkylation sites (N-methyl/N-ethyl adjacent to an activating group) is 1. The number of amides is 1. The van der Waals surface area contributed by atoms with Crippen LogP contribution in [0, 0.1) is 6.92 Å². The van der Waals surface area contributed by atoms with Crippen molar-refractivity contribution in [1.82, 2.24) is 10.2 Å². The Labute approximate surface area is 243 Å². The molecule has 1 N–H and O–H groups in total. The third-order valence-electron chi connectivity index (χ3n) is 7.41. The summed E-state index contributed by atoms with van der Waals surface area (Å²) >= 11 is 9.26. The lowest BCUT2D eigenvalue weighted by atomic mass is 9.71. The number of benzene rings is 2. The summed E-state index contributed by atoms with van der Waals surface area (Å²) in [5.41, 5.74) is 5.79. The summed E-state index contributed by atoms with van der Waals surface area (Å²) in [4.78, 5) is 40.0. The minimum Gasteiger partial charge on any atom is -0.483 e. The maximum Gasteiger partial charge on any atom is 0.257 e. The topological polar surface area (TPSA) is 75.7 Å². The van der Waals surface area contributed by atoms with Gasteiger partial charge in [-0.25, -0.2) is 0 Å². The van der Waals surface area contributed by atoms with Crippen molar-refractivity contribution in [2.24, 2.45) is 0 Å². The van der Waals surface area contributed by atoms with Crippen molar-refractivity contribution in [1.29, 1.82) is 0 Å². The van der Waals surface area contributed by atoms with Crippen LogP contribution in [0.25, 0.3) is 0 Å². The van der Waals surface area contributed by atoms with Crippen molar-refractivity contribution >= 4 is 45.0 Å². The minimum absolute atomic E-state index is 0.0785. The van der Waals surface area contributed by atoms with Crippen LogP contribution in [0.4, 0.5) is 0 Å². The number of rotatable bonds is 5. The molecule has 0 fully saturated rings. The fourth-order valence-corrected chi connectivity index (χ4v) is 6.16. The predicted octanol–water partition coefficient (Wildman–Crippen LogP) is 6.66. The van der Waals surface area contributed by atoms with Gasteiger partial charge in [0.05, 0.1) is 4.47 Å². The number of nitrogens with one attached hydrogen (secondary N) is 1. The lowest BCUT2D eigenvalue weighted by molar-refractivity contribution is -0.122. The van der Waals surface area contributed by atoms with Crippen molar-refractivity contribution in [3.63, 3.8) is 0 Å². The minimum atomic E-state index is -0.335. The summed E-state index contributed by atoms with van der Waals surface area (Å²) in [6, 6.07) is 13.4. The third kappa shape index (κ3) is 6.30. The van der Waals surface area contributed by atoms with Crippen LogP contribution >= 0.6 is 27.5 Å². The second-order valence-corrected chi connectivity index (χ2v) is 11.1. The Kier molecular flexibility index (Phi) is 9.67. The molecule has 206 valence electrons. The first kappa shape index (κ1) is 29.1. The van der Waals surface area contributed by atoms with Gasteiger partial charge < -0.3 is 15.0 Å². The molecule has 5 rings (SSSR count). The van der Waals surface area contributed by atoms with E-state index in [0.29, 0.717) is 23.1 Å². The van der Waals surface area contributed by atoms with Crippen LogP contribution < -0.4 is 10.1 Å². The van der Waals surface area contributed by atoms with Gasteiger partial charge in [0.2, 0.25) is 0 Å². The van der Waals surface area contributed by atoms with Gasteiger partial charge in [0.1, 0.15) is 5.75 Å². The van der Waals surface area contributed by atoms with E-state index >= 15 is 0 Å². The molecule has 1 heterocycles. The van der Waals surface area contributed by atoms with Gasteiger partial charge in [-0.05, 0) is 84.8 Å². The molecule has 0 bridgehead atoms. The second-order valence-electron chi connectivity index (χ2n) is 9.85. The first-order chi connectivity index (χ1) is 18.8. The van der Waals surface area contributed by atoms with Gasteiger partial charge in [-0.1, -0.05) is 35.9 Å². The SMILES string of the molecule is CCN1C2=C(C(=O)CCC2)C(c2ccc(OCC(=O)NC)c(Br)c2)C2=C1CCCC2=O.Cc1ccccc1Cl. The molecule has 2 aliphatic carbocycles. The molecule has 6 nitrogen and oxygen atoms in total. The van der Waals surface area contributed by atoms with Crippen molar-refractivity contribution in [3.8, 4) is 5.75 Å². The zero-order valence-electron chi connectivity index (χ0n) is 22.6. The van der Waals surface area contributed by atoms with E-state index in [-0.39, 0.29) is 30.0 Å². The Morgan fingerprint density at radius 3 is 2.13 bits per heavy atom. The molecular weight excluding hydrogens is 580 g/mol. The summed E-state index contributed by atoms with van der Waals surface area (Å²) in [6.07, 6.45) is 4.49. The van der Waals surface area contributed by atoms with Crippen molar-refractivity contribution in [2.75, 3.05) is 20.2 Å². The first-order valence-corrected chi connectivity index (χ1v) is 14.6. The highest BCUT2D eigenvalue weighted by molar-refractivity contribution is 9.10. The maximum atomic E-state index is 13.1. The van der Waals surface area contributed by atoms with Gasteiger partial charge >= 0.3 is 0 Å². The third-order valence-corrected chi connectivity index (χ3v) is 8.45. The van der Waals surface area contributed by atoms with Crippen LogP contribution in [0.15, 0.2) is 69.5 Å². The van der Waals surface area contributed by atoms with Crippen LogP contribution in [-0.2, 0) is 14.4 Å². The molecule has 2 aromatic carbocycles. The molecule has 8 heteroatoms. The quantitative estimate of drug-likeness (QED) is 0.408. The average Bonchev–Trinajstić information content (AvgIpc) is 2.93. The van der Waals surface area contributed by atoms with E-state index in [0.717, 1.165) is 70.9 Å².